The van der Waals surface area contributed by atoms with Gasteiger partial charge in [0.1, 0.15) is 6.54 Å². The topological polar surface area (TPSA) is 84.2 Å². The number of hydrogen-bond donors (Lipinski definition) is 2. The number of carbonyl (C=O) groups is 1. The lowest BCUT2D eigenvalue weighted by molar-refractivity contribution is -0.122. The van der Waals surface area contributed by atoms with Crippen molar-refractivity contribution >= 4 is 28.0 Å². The molecule has 2 aromatic heterocycles. The summed E-state index contributed by atoms with van der Waals surface area (Å²) in [5.41, 5.74) is 1.57. The summed E-state index contributed by atoms with van der Waals surface area (Å²) in [5.74, 6) is -0.352. The zero-order chi connectivity index (χ0) is 18.5. The van der Waals surface area contributed by atoms with Crippen molar-refractivity contribution < 1.29 is 9.90 Å². The molecule has 6 nitrogen and oxygen atoms in total. The number of aromatic nitrogens is 2. The number of nitrogens with one attached hydrogen (secondary N) is 1. The second-order valence-electron chi connectivity index (χ2n) is 6.28. The van der Waals surface area contributed by atoms with Gasteiger partial charge in [-0.1, -0.05) is 18.2 Å². The number of fused-ring (bicyclic) bond motifs is 1. The fourth-order valence-corrected chi connectivity index (χ4v) is 3.59. The van der Waals surface area contributed by atoms with Crippen LogP contribution in [0.15, 0.2) is 45.9 Å². The molecule has 1 amide bonds. The number of aryl methyl sites for hydroxylation is 1. The Hall–Kier alpha value is -2.51. The number of thiophene rings is 1. The Kier molecular flexibility index (Phi) is 5.80. The first-order valence-corrected chi connectivity index (χ1v) is 9.38. The third-order valence-corrected chi connectivity index (χ3v) is 5.03. The lowest BCUT2D eigenvalue weighted by Gasteiger charge is -2.15. The van der Waals surface area contributed by atoms with Gasteiger partial charge in [0.05, 0.1) is 11.1 Å². The highest BCUT2D eigenvalue weighted by atomic mass is 32.1. The molecule has 0 aliphatic heterocycles. The molecule has 1 unspecified atom stereocenters. The van der Waals surface area contributed by atoms with Crippen molar-refractivity contribution in [3.05, 3.63) is 62.7 Å². The number of carbonyl (C=O) groups excluding carboxylic acids is 1. The Morgan fingerprint density at radius 3 is 2.77 bits per heavy atom. The van der Waals surface area contributed by atoms with Gasteiger partial charge in [-0.3, -0.25) is 9.59 Å². The number of nitrogens with zero attached hydrogens (tertiary/aromatic N) is 2. The van der Waals surface area contributed by atoms with Gasteiger partial charge in [0.25, 0.3) is 5.56 Å². The Labute approximate surface area is 155 Å². The third kappa shape index (κ3) is 4.17. The van der Waals surface area contributed by atoms with E-state index in [0.29, 0.717) is 24.0 Å². The van der Waals surface area contributed by atoms with E-state index in [9.17, 15) is 14.7 Å². The van der Waals surface area contributed by atoms with Crippen molar-refractivity contribution in [1.29, 1.82) is 0 Å². The van der Waals surface area contributed by atoms with Gasteiger partial charge < -0.3 is 10.4 Å². The highest BCUT2D eigenvalue weighted by molar-refractivity contribution is 7.07. The van der Waals surface area contributed by atoms with E-state index in [0.717, 1.165) is 10.9 Å². The van der Waals surface area contributed by atoms with Gasteiger partial charge >= 0.3 is 0 Å². The molecule has 0 spiro atoms. The quantitative estimate of drug-likeness (QED) is 0.663. The maximum absolute atomic E-state index is 12.5. The average molecular weight is 371 g/mol. The summed E-state index contributed by atoms with van der Waals surface area (Å²) < 4.78 is 1.19. The van der Waals surface area contributed by atoms with E-state index in [1.54, 1.807) is 23.5 Å². The molecule has 0 saturated heterocycles. The minimum absolute atomic E-state index is 0.0105. The molecule has 3 aromatic rings. The number of amides is 1. The van der Waals surface area contributed by atoms with Crippen LogP contribution in [0.4, 0.5) is 0 Å². The first-order chi connectivity index (χ1) is 12.6. The first-order valence-electron chi connectivity index (χ1n) is 8.43. The molecule has 0 aliphatic rings. The van der Waals surface area contributed by atoms with Crippen LogP contribution < -0.4 is 10.9 Å². The molecule has 3 rings (SSSR count). The summed E-state index contributed by atoms with van der Waals surface area (Å²) in [4.78, 5) is 24.7. The largest absolute Gasteiger partial charge is 0.396 e. The maximum atomic E-state index is 12.5. The minimum atomic E-state index is -0.293. The van der Waals surface area contributed by atoms with Crippen LogP contribution in [0.1, 0.15) is 11.3 Å². The molecule has 0 saturated carbocycles. The van der Waals surface area contributed by atoms with Crippen molar-refractivity contribution in [3.8, 4) is 0 Å². The van der Waals surface area contributed by atoms with E-state index in [1.165, 1.54) is 4.68 Å². The number of benzene rings is 1. The third-order valence-electron chi connectivity index (χ3n) is 4.30. The fraction of sp³-hybridized carbons (Fsp3) is 0.316. The van der Waals surface area contributed by atoms with E-state index in [1.807, 2.05) is 35.9 Å². The zero-order valence-corrected chi connectivity index (χ0v) is 15.3. The van der Waals surface area contributed by atoms with E-state index >= 15 is 0 Å². The van der Waals surface area contributed by atoms with Gasteiger partial charge in [-0.25, -0.2) is 4.68 Å². The number of rotatable bonds is 7. The summed E-state index contributed by atoms with van der Waals surface area (Å²) in [7, 11) is 0. The standard InChI is InChI=1S/C19H21N3O3S/c1-13-16-4-2-3-5-17(16)19(25)22(21-13)10-18(24)20-9-15(11-23)8-14-6-7-26-12-14/h2-7,12,15,23H,8-11H2,1H3,(H,20,24). The lowest BCUT2D eigenvalue weighted by atomic mass is 10.0. The summed E-state index contributed by atoms with van der Waals surface area (Å²) in [6.45, 7) is 2.02. The van der Waals surface area contributed by atoms with Crippen molar-refractivity contribution in [3.63, 3.8) is 0 Å². The lowest BCUT2D eigenvalue weighted by Crippen LogP contribution is -2.37. The van der Waals surface area contributed by atoms with Crippen LogP contribution in [0.3, 0.4) is 0 Å². The van der Waals surface area contributed by atoms with Gasteiger partial charge in [-0.2, -0.15) is 16.4 Å². The van der Waals surface area contributed by atoms with E-state index in [2.05, 4.69) is 10.4 Å². The maximum Gasteiger partial charge on any atom is 0.275 e. The Bertz CT molecular complexity index is 950. The number of aliphatic hydroxyl groups excluding tert-OH is 1. The molecule has 0 bridgehead atoms. The van der Waals surface area contributed by atoms with Gasteiger partial charge in [0, 0.05) is 24.5 Å². The highest BCUT2D eigenvalue weighted by Gasteiger charge is 2.13. The van der Waals surface area contributed by atoms with E-state index in [4.69, 9.17) is 0 Å². The van der Waals surface area contributed by atoms with Crippen molar-refractivity contribution in [2.24, 2.45) is 5.92 Å². The number of aliphatic hydroxyl groups is 1. The molecule has 7 heteroatoms. The molecular weight excluding hydrogens is 350 g/mol. The van der Waals surface area contributed by atoms with Gasteiger partial charge in [0.15, 0.2) is 0 Å². The zero-order valence-electron chi connectivity index (χ0n) is 14.5. The molecule has 1 aromatic carbocycles. The summed E-state index contributed by atoms with van der Waals surface area (Å²) in [6, 6.07) is 9.25. The molecule has 2 heterocycles. The molecule has 0 radical (unpaired) electrons. The molecule has 136 valence electrons. The van der Waals surface area contributed by atoms with Gasteiger partial charge in [-0.15, -0.1) is 0 Å². The Balaban J connectivity index is 1.65. The molecule has 0 fully saturated rings. The normalized spacial score (nSPS) is 12.2. The van der Waals surface area contributed by atoms with Crippen LogP contribution >= 0.6 is 11.3 Å². The van der Waals surface area contributed by atoms with Crippen molar-refractivity contribution in [2.45, 2.75) is 19.9 Å². The second-order valence-corrected chi connectivity index (χ2v) is 7.06. The van der Waals surface area contributed by atoms with Gasteiger partial charge in [0.2, 0.25) is 5.91 Å². The molecular formula is C19H21N3O3S. The summed E-state index contributed by atoms with van der Waals surface area (Å²) in [5, 5.41) is 21.9. The first kappa shape index (κ1) is 18.3. The Morgan fingerprint density at radius 1 is 1.31 bits per heavy atom. The highest BCUT2D eigenvalue weighted by Crippen LogP contribution is 2.12. The van der Waals surface area contributed by atoms with Gasteiger partial charge in [-0.05, 0) is 41.8 Å². The minimum Gasteiger partial charge on any atom is -0.396 e. The van der Waals surface area contributed by atoms with Crippen molar-refractivity contribution in [2.75, 3.05) is 13.2 Å². The fourth-order valence-electron chi connectivity index (χ4n) is 2.91. The molecule has 0 aliphatic carbocycles. The van der Waals surface area contributed by atoms with Crippen molar-refractivity contribution in [1.82, 2.24) is 15.1 Å². The SMILES string of the molecule is Cc1nn(CC(=O)NCC(CO)Cc2ccsc2)c(=O)c2ccccc12. The van der Waals surface area contributed by atoms with E-state index < -0.39 is 0 Å². The predicted octanol–water partition coefficient (Wildman–Crippen LogP) is 1.73. The molecule has 26 heavy (non-hydrogen) atoms. The van der Waals surface area contributed by atoms with Crippen LogP contribution in [-0.4, -0.2) is 33.9 Å². The predicted molar refractivity (Wildman–Crippen MR) is 102 cm³/mol. The average Bonchev–Trinajstić information content (AvgIpc) is 3.16. The van der Waals surface area contributed by atoms with Crippen LogP contribution in [0, 0.1) is 12.8 Å². The summed E-state index contributed by atoms with van der Waals surface area (Å²) >= 11 is 1.61. The van der Waals surface area contributed by atoms with Crippen LogP contribution in [-0.2, 0) is 17.8 Å². The van der Waals surface area contributed by atoms with E-state index in [-0.39, 0.29) is 30.5 Å². The Morgan fingerprint density at radius 2 is 2.08 bits per heavy atom. The molecule has 2 N–H and O–H groups in total. The smallest absolute Gasteiger partial charge is 0.275 e. The summed E-state index contributed by atoms with van der Waals surface area (Å²) in [6.07, 6.45) is 0.702. The molecule has 1 atom stereocenters. The second kappa shape index (κ2) is 8.25. The van der Waals surface area contributed by atoms with Crippen LogP contribution in [0.25, 0.3) is 10.8 Å². The van der Waals surface area contributed by atoms with Crippen LogP contribution in [0.5, 0.6) is 0 Å². The van der Waals surface area contributed by atoms with Crippen LogP contribution in [0.2, 0.25) is 0 Å². The monoisotopic (exact) mass is 371 g/mol. The number of hydrogen-bond acceptors (Lipinski definition) is 5.